The summed E-state index contributed by atoms with van der Waals surface area (Å²) in [4.78, 5) is 7.92. The molecule has 2 aromatic heterocycles. The highest BCUT2D eigenvalue weighted by molar-refractivity contribution is 7.10. The van der Waals surface area contributed by atoms with Crippen LogP contribution in [0.15, 0.2) is 24.7 Å². The topological polar surface area (TPSA) is 76.7 Å². The van der Waals surface area contributed by atoms with Gasteiger partial charge in [-0.1, -0.05) is 0 Å². The average Bonchev–Trinajstić information content (AvgIpc) is 2.63. The SMILES string of the molecule is Nc1cc(NCc2ccncn2)sn1. The van der Waals surface area contributed by atoms with E-state index in [2.05, 4.69) is 19.7 Å². The van der Waals surface area contributed by atoms with E-state index in [4.69, 9.17) is 5.73 Å². The van der Waals surface area contributed by atoms with Crippen LogP contribution in [-0.2, 0) is 6.54 Å². The lowest BCUT2D eigenvalue weighted by Crippen LogP contribution is -1.99. The fraction of sp³-hybridized carbons (Fsp3) is 0.125. The number of nitrogen functional groups attached to an aromatic ring is 1. The molecule has 0 radical (unpaired) electrons. The number of nitrogens with two attached hydrogens (primary N) is 1. The van der Waals surface area contributed by atoms with Gasteiger partial charge in [0.15, 0.2) is 0 Å². The molecule has 0 aliphatic heterocycles. The van der Waals surface area contributed by atoms with Crippen LogP contribution in [0.25, 0.3) is 0 Å². The van der Waals surface area contributed by atoms with E-state index in [1.165, 1.54) is 17.9 Å². The van der Waals surface area contributed by atoms with Gasteiger partial charge >= 0.3 is 0 Å². The highest BCUT2D eigenvalue weighted by Crippen LogP contribution is 2.17. The zero-order valence-corrected chi connectivity index (χ0v) is 8.16. The van der Waals surface area contributed by atoms with Gasteiger partial charge in [0.05, 0.1) is 12.2 Å². The monoisotopic (exact) mass is 207 g/mol. The van der Waals surface area contributed by atoms with Crippen molar-refractivity contribution in [1.82, 2.24) is 14.3 Å². The summed E-state index contributed by atoms with van der Waals surface area (Å²) < 4.78 is 3.95. The van der Waals surface area contributed by atoms with E-state index < -0.39 is 0 Å². The molecule has 3 N–H and O–H groups in total. The second-order valence-corrected chi connectivity index (χ2v) is 3.48. The van der Waals surface area contributed by atoms with Crippen LogP contribution in [0.5, 0.6) is 0 Å². The van der Waals surface area contributed by atoms with Crippen LogP contribution in [0, 0.1) is 0 Å². The highest BCUT2D eigenvalue weighted by atomic mass is 32.1. The van der Waals surface area contributed by atoms with Gasteiger partial charge in [0.25, 0.3) is 0 Å². The number of aromatic nitrogens is 3. The first-order valence-electron chi connectivity index (χ1n) is 4.05. The minimum atomic E-state index is 0.542. The molecule has 0 aliphatic rings. The van der Waals surface area contributed by atoms with Gasteiger partial charge in [-0.15, -0.1) is 0 Å². The van der Waals surface area contributed by atoms with Crippen molar-refractivity contribution in [3.05, 3.63) is 30.4 Å². The van der Waals surface area contributed by atoms with Gasteiger partial charge < -0.3 is 11.1 Å². The molecular formula is C8H9N5S. The smallest absolute Gasteiger partial charge is 0.139 e. The van der Waals surface area contributed by atoms with Gasteiger partial charge in [0, 0.05) is 12.3 Å². The summed E-state index contributed by atoms with van der Waals surface area (Å²) in [6.45, 7) is 0.657. The van der Waals surface area contributed by atoms with Crippen molar-refractivity contribution in [3.63, 3.8) is 0 Å². The summed E-state index contributed by atoms with van der Waals surface area (Å²) in [5.41, 5.74) is 6.42. The summed E-state index contributed by atoms with van der Waals surface area (Å²) in [6.07, 6.45) is 3.24. The maximum absolute atomic E-state index is 5.48. The lowest BCUT2D eigenvalue weighted by Gasteiger charge is -2.00. The first-order valence-corrected chi connectivity index (χ1v) is 4.83. The lowest BCUT2D eigenvalue weighted by atomic mass is 10.4. The average molecular weight is 207 g/mol. The summed E-state index contributed by atoms with van der Waals surface area (Å²) in [5, 5.41) is 4.11. The number of nitrogens with zero attached hydrogens (tertiary/aromatic N) is 3. The molecule has 72 valence electrons. The van der Waals surface area contributed by atoms with E-state index in [1.807, 2.05) is 6.07 Å². The zero-order chi connectivity index (χ0) is 9.80. The van der Waals surface area contributed by atoms with E-state index >= 15 is 0 Å². The first kappa shape index (κ1) is 8.89. The Balaban J connectivity index is 1.95. The molecule has 2 aromatic rings. The Hall–Kier alpha value is -1.69. The standard InChI is InChI=1S/C8H9N5S/c9-7-3-8(14-13-7)11-4-6-1-2-10-5-12-6/h1-3,5,11H,4H2,(H2,9,13). The van der Waals surface area contributed by atoms with Crippen LogP contribution >= 0.6 is 11.5 Å². The molecule has 0 saturated carbocycles. The molecule has 14 heavy (non-hydrogen) atoms. The van der Waals surface area contributed by atoms with Crippen molar-refractivity contribution in [2.24, 2.45) is 0 Å². The fourth-order valence-corrected chi connectivity index (χ4v) is 1.54. The van der Waals surface area contributed by atoms with Crippen molar-refractivity contribution in [3.8, 4) is 0 Å². The number of anilines is 2. The lowest BCUT2D eigenvalue weighted by molar-refractivity contribution is 1.01. The summed E-state index contributed by atoms with van der Waals surface area (Å²) in [7, 11) is 0. The number of hydrogen-bond acceptors (Lipinski definition) is 6. The van der Waals surface area contributed by atoms with E-state index in [0.29, 0.717) is 12.4 Å². The second kappa shape index (κ2) is 4.01. The molecule has 6 heteroatoms. The quantitative estimate of drug-likeness (QED) is 0.788. The van der Waals surface area contributed by atoms with Crippen LogP contribution < -0.4 is 11.1 Å². The third kappa shape index (κ3) is 2.17. The summed E-state index contributed by atoms with van der Waals surface area (Å²) in [6, 6.07) is 3.66. The van der Waals surface area contributed by atoms with E-state index in [-0.39, 0.29) is 0 Å². The molecule has 2 rings (SSSR count). The highest BCUT2D eigenvalue weighted by Gasteiger charge is 1.98. The molecule has 5 nitrogen and oxygen atoms in total. The van der Waals surface area contributed by atoms with Crippen molar-refractivity contribution in [1.29, 1.82) is 0 Å². The van der Waals surface area contributed by atoms with Gasteiger partial charge in [0.2, 0.25) is 0 Å². The van der Waals surface area contributed by atoms with E-state index in [9.17, 15) is 0 Å². The minimum Gasteiger partial charge on any atom is -0.383 e. The predicted molar refractivity (Wildman–Crippen MR) is 55.9 cm³/mol. The van der Waals surface area contributed by atoms with Gasteiger partial charge in [-0.3, -0.25) is 0 Å². The normalized spacial score (nSPS) is 10.0. The van der Waals surface area contributed by atoms with Crippen molar-refractivity contribution in [2.45, 2.75) is 6.54 Å². The first-order chi connectivity index (χ1) is 6.84. The van der Waals surface area contributed by atoms with Crippen molar-refractivity contribution in [2.75, 3.05) is 11.1 Å². The van der Waals surface area contributed by atoms with Crippen LogP contribution in [0.3, 0.4) is 0 Å². The maximum atomic E-state index is 5.48. The van der Waals surface area contributed by atoms with E-state index in [1.54, 1.807) is 12.3 Å². The molecule has 0 unspecified atom stereocenters. The molecular weight excluding hydrogens is 198 g/mol. The Morgan fingerprint density at radius 1 is 1.50 bits per heavy atom. The predicted octanol–water partition coefficient (Wildman–Crippen LogP) is 1.13. The molecule has 0 aliphatic carbocycles. The Morgan fingerprint density at radius 2 is 2.43 bits per heavy atom. The van der Waals surface area contributed by atoms with Crippen molar-refractivity contribution < 1.29 is 0 Å². The molecule has 0 spiro atoms. The number of rotatable bonds is 3. The number of nitrogens with one attached hydrogen (secondary N) is 1. The number of hydrogen-bond donors (Lipinski definition) is 2. The minimum absolute atomic E-state index is 0.542. The van der Waals surface area contributed by atoms with Crippen LogP contribution in [0.2, 0.25) is 0 Å². The molecule has 0 aromatic carbocycles. The van der Waals surface area contributed by atoms with E-state index in [0.717, 1.165) is 10.7 Å². The van der Waals surface area contributed by atoms with Gasteiger partial charge in [-0.05, 0) is 17.6 Å². The Kier molecular flexibility index (Phi) is 2.55. The second-order valence-electron chi connectivity index (χ2n) is 2.67. The zero-order valence-electron chi connectivity index (χ0n) is 7.34. The third-order valence-electron chi connectivity index (χ3n) is 1.62. The molecule has 0 fully saturated rings. The Labute approximate surface area is 85.2 Å². The Morgan fingerprint density at radius 3 is 3.07 bits per heavy atom. The maximum Gasteiger partial charge on any atom is 0.139 e. The molecule has 0 saturated heterocycles. The van der Waals surface area contributed by atoms with Gasteiger partial charge in [-0.25, -0.2) is 9.97 Å². The van der Waals surface area contributed by atoms with Crippen LogP contribution in [-0.4, -0.2) is 14.3 Å². The fourth-order valence-electron chi connectivity index (χ4n) is 0.973. The van der Waals surface area contributed by atoms with Gasteiger partial charge in [-0.2, -0.15) is 4.37 Å². The van der Waals surface area contributed by atoms with Crippen molar-refractivity contribution >= 4 is 22.4 Å². The summed E-state index contributed by atoms with van der Waals surface area (Å²) in [5.74, 6) is 0.542. The molecule has 0 atom stereocenters. The van der Waals surface area contributed by atoms with Gasteiger partial charge in [0.1, 0.15) is 17.1 Å². The van der Waals surface area contributed by atoms with Crippen LogP contribution in [0.1, 0.15) is 5.69 Å². The third-order valence-corrected chi connectivity index (χ3v) is 2.38. The molecule has 0 amide bonds. The molecule has 0 bridgehead atoms. The summed E-state index contributed by atoms with van der Waals surface area (Å²) >= 11 is 1.34. The Bertz CT molecular complexity index is 399. The van der Waals surface area contributed by atoms with Crippen LogP contribution in [0.4, 0.5) is 10.8 Å². The molecule has 2 heterocycles. The largest absolute Gasteiger partial charge is 0.383 e.